The van der Waals surface area contributed by atoms with E-state index < -0.39 is 0 Å². The van der Waals surface area contributed by atoms with Crippen LogP contribution in [0.4, 0.5) is 0 Å². The Kier molecular flexibility index (Phi) is 1.63. The predicted molar refractivity (Wildman–Crippen MR) is 59.4 cm³/mol. The number of fused-ring (bicyclic) bond motifs is 1. The first-order chi connectivity index (χ1) is 7.36. The number of aromatic nitrogens is 1. The molecule has 1 aliphatic carbocycles. The van der Waals surface area contributed by atoms with Gasteiger partial charge in [0.1, 0.15) is 0 Å². The molecule has 1 aromatic heterocycles. The van der Waals surface area contributed by atoms with Gasteiger partial charge in [0.05, 0.1) is 11.5 Å². The number of nitrogens with one attached hydrogen (secondary N) is 1. The van der Waals surface area contributed by atoms with Crippen molar-refractivity contribution in [1.29, 1.82) is 5.26 Å². The molecule has 0 aliphatic heterocycles. The van der Waals surface area contributed by atoms with Gasteiger partial charge < -0.3 is 4.98 Å². The summed E-state index contributed by atoms with van der Waals surface area (Å²) >= 11 is 0. The Labute approximate surface area is 88.5 Å². The molecule has 1 aliphatic rings. The predicted octanol–water partition coefficient (Wildman–Crippen LogP) is 3.11. The zero-order valence-corrected chi connectivity index (χ0v) is 8.46. The molecular weight excluding hydrogens is 184 g/mol. The van der Waals surface area contributed by atoms with Crippen LogP contribution in [0.15, 0.2) is 30.5 Å². The average Bonchev–Trinajstić information content (AvgIpc) is 2.62. The second kappa shape index (κ2) is 2.87. The van der Waals surface area contributed by atoms with Gasteiger partial charge in [-0.05, 0) is 30.9 Å². The second-order valence-electron chi connectivity index (χ2n) is 4.30. The van der Waals surface area contributed by atoms with Gasteiger partial charge in [-0.15, -0.1) is 0 Å². The Bertz CT molecular complexity index is 541. The summed E-state index contributed by atoms with van der Waals surface area (Å²) in [6.45, 7) is 0. The van der Waals surface area contributed by atoms with E-state index in [4.69, 9.17) is 0 Å². The first-order valence-corrected chi connectivity index (χ1v) is 5.34. The Balaban J connectivity index is 2.24. The maximum Gasteiger partial charge on any atom is 0.0842 e. The first kappa shape index (κ1) is 8.55. The summed E-state index contributed by atoms with van der Waals surface area (Å²) in [4.78, 5) is 3.25. The summed E-state index contributed by atoms with van der Waals surface area (Å²) in [5.41, 5.74) is 2.11. The summed E-state index contributed by atoms with van der Waals surface area (Å²) in [6.07, 6.45) is 5.19. The highest BCUT2D eigenvalue weighted by Gasteiger charge is 2.40. The van der Waals surface area contributed by atoms with Crippen LogP contribution < -0.4 is 0 Å². The Morgan fingerprint density at radius 3 is 2.73 bits per heavy atom. The molecule has 2 heteroatoms. The molecule has 2 aromatic rings. The number of nitrogens with zero attached hydrogens (tertiary/aromatic N) is 1. The number of hydrogen-bond acceptors (Lipinski definition) is 1. The molecule has 1 heterocycles. The monoisotopic (exact) mass is 196 g/mol. The molecular formula is C13H12N2. The number of hydrogen-bond donors (Lipinski definition) is 1. The van der Waals surface area contributed by atoms with Crippen molar-refractivity contribution in [3.8, 4) is 6.07 Å². The van der Waals surface area contributed by atoms with Gasteiger partial charge in [-0.1, -0.05) is 18.2 Å². The molecule has 0 amide bonds. The molecule has 2 nitrogen and oxygen atoms in total. The van der Waals surface area contributed by atoms with Gasteiger partial charge >= 0.3 is 0 Å². The van der Waals surface area contributed by atoms with E-state index >= 15 is 0 Å². The summed E-state index contributed by atoms with van der Waals surface area (Å²) in [6, 6.07) is 10.7. The Hall–Kier alpha value is -1.75. The minimum atomic E-state index is -0.209. The first-order valence-electron chi connectivity index (χ1n) is 5.34. The molecule has 0 unspecified atom stereocenters. The van der Waals surface area contributed by atoms with Crippen LogP contribution in [0.5, 0.6) is 0 Å². The van der Waals surface area contributed by atoms with Gasteiger partial charge in [0.15, 0.2) is 0 Å². The van der Waals surface area contributed by atoms with Gasteiger partial charge in [0.2, 0.25) is 0 Å². The van der Waals surface area contributed by atoms with E-state index in [0.29, 0.717) is 0 Å². The number of rotatable bonds is 1. The Morgan fingerprint density at radius 2 is 2.07 bits per heavy atom. The topological polar surface area (TPSA) is 39.6 Å². The third-order valence-corrected chi connectivity index (χ3v) is 3.53. The minimum Gasteiger partial charge on any atom is -0.361 e. The van der Waals surface area contributed by atoms with Gasteiger partial charge in [-0.3, -0.25) is 0 Å². The zero-order valence-electron chi connectivity index (χ0n) is 8.46. The normalized spacial score (nSPS) is 18.3. The third kappa shape index (κ3) is 1.04. The van der Waals surface area contributed by atoms with Crippen LogP contribution in [0.2, 0.25) is 0 Å². The maximum absolute atomic E-state index is 9.30. The molecule has 1 fully saturated rings. The average molecular weight is 196 g/mol. The standard InChI is InChI=1S/C13H12N2/c14-9-13(6-3-7-13)11-8-15-12-5-2-1-4-10(11)12/h1-2,4-5,8,15H,3,6-7H2. The van der Waals surface area contributed by atoms with E-state index in [0.717, 1.165) is 18.4 Å². The highest BCUT2D eigenvalue weighted by molar-refractivity contribution is 5.85. The van der Waals surface area contributed by atoms with Crippen LogP contribution in [0.1, 0.15) is 24.8 Å². The number of para-hydroxylation sites is 1. The molecule has 0 bridgehead atoms. The molecule has 1 aromatic carbocycles. The fourth-order valence-corrected chi connectivity index (χ4v) is 2.44. The lowest BCUT2D eigenvalue weighted by Gasteiger charge is -2.35. The van der Waals surface area contributed by atoms with Crippen LogP contribution in [-0.2, 0) is 5.41 Å². The molecule has 1 N–H and O–H groups in total. The fourth-order valence-electron chi connectivity index (χ4n) is 2.44. The number of aromatic amines is 1. The summed E-state index contributed by atoms with van der Waals surface area (Å²) < 4.78 is 0. The summed E-state index contributed by atoms with van der Waals surface area (Å²) in [5, 5.41) is 10.5. The van der Waals surface area contributed by atoms with Gasteiger partial charge in [-0.25, -0.2) is 0 Å². The van der Waals surface area contributed by atoms with Gasteiger partial charge in [-0.2, -0.15) is 5.26 Å². The van der Waals surface area contributed by atoms with Crippen molar-refractivity contribution in [2.75, 3.05) is 0 Å². The highest BCUT2D eigenvalue weighted by atomic mass is 14.7. The van der Waals surface area contributed by atoms with E-state index in [1.54, 1.807) is 0 Å². The van der Waals surface area contributed by atoms with E-state index in [1.807, 2.05) is 18.3 Å². The second-order valence-corrected chi connectivity index (χ2v) is 4.30. The summed E-state index contributed by atoms with van der Waals surface area (Å²) in [7, 11) is 0. The highest BCUT2D eigenvalue weighted by Crippen LogP contribution is 2.45. The van der Waals surface area contributed by atoms with Crippen LogP contribution in [0.3, 0.4) is 0 Å². The quantitative estimate of drug-likeness (QED) is 0.747. The fraction of sp³-hybridized carbons (Fsp3) is 0.308. The van der Waals surface area contributed by atoms with E-state index in [1.165, 1.54) is 17.4 Å². The Morgan fingerprint density at radius 1 is 1.27 bits per heavy atom. The van der Waals surface area contributed by atoms with Gasteiger partial charge in [0, 0.05) is 17.1 Å². The molecule has 0 spiro atoms. The van der Waals surface area contributed by atoms with Crippen molar-refractivity contribution in [1.82, 2.24) is 4.98 Å². The van der Waals surface area contributed by atoms with Crippen molar-refractivity contribution in [3.63, 3.8) is 0 Å². The molecule has 0 radical (unpaired) electrons. The lowest BCUT2D eigenvalue weighted by atomic mass is 9.65. The van der Waals surface area contributed by atoms with Crippen molar-refractivity contribution < 1.29 is 0 Å². The minimum absolute atomic E-state index is 0.209. The van der Waals surface area contributed by atoms with Crippen molar-refractivity contribution in [2.45, 2.75) is 24.7 Å². The van der Waals surface area contributed by atoms with Crippen LogP contribution >= 0.6 is 0 Å². The zero-order chi connectivity index (χ0) is 10.3. The van der Waals surface area contributed by atoms with E-state index in [-0.39, 0.29) is 5.41 Å². The third-order valence-electron chi connectivity index (χ3n) is 3.53. The van der Waals surface area contributed by atoms with Crippen molar-refractivity contribution in [2.24, 2.45) is 0 Å². The molecule has 15 heavy (non-hydrogen) atoms. The lowest BCUT2D eigenvalue weighted by Crippen LogP contribution is -2.31. The van der Waals surface area contributed by atoms with Crippen molar-refractivity contribution >= 4 is 10.9 Å². The van der Waals surface area contributed by atoms with E-state index in [9.17, 15) is 5.26 Å². The molecule has 3 rings (SSSR count). The lowest BCUT2D eigenvalue weighted by molar-refractivity contribution is 0.326. The SMILES string of the molecule is N#CC1(c2c[nH]c3ccccc23)CCC1. The largest absolute Gasteiger partial charge is 0.361 e. The molecule has 0 atom stereocenters. The van der Waals surface area contributed by atoms with Crippen molar-refractivity contribution in [3.05, 3.63) is 36.0 Å². The smallest absolute Gasteiger partial charge is 0.0842 e. The number of nitriles is 1. The number of H-pyrrole nitrogens is 1. The molecule has 0 saturated heterocycles. The van der Waals surface area contributed by atoms with Gasteiger partial charge in [0.25, 0.3) is 0 Å². The van der Waals surface area contributed by atoms with Crippen LogP contribution in [-0.4, -0.2) is 4.98 Å². The maximum atomic E-state index is 9.30. The summed E-state index contributed by atoms with van der Waals surface area (Å²) in [5.74, 6) is 0. The van der Waals surface area contributed by atoms with Crippen LogP contribution in [0.25, 0.3) is 10.9 Å². The number of benzene rings is 1. The molecule has 1 saturated carbocycles. The van der Waals surface area contributed by atoms with E-state index in [2.05, 4.69) is 23.2 Å². The molecule has 74 valence electrons. The van der Waals surface area contributed by atoms with Crippen LogP contribution in [0, 0.1) is 11.3 Å².